The molecule has 0 fully saturated rings. The highest BCUT2D eigenvalue weighted by molar-refractivity contribution is 5.72. The Balaban J connectivity index is 3.24. The minimum atomic E-state index is -0.993. The average Bonchev–Trinajstić information content (AvgIpc) is 1.97. The molecule has 64 valence electrons. The number of carbonyl (C=O) groups is 1. The minimum absolute atomic E-state index is 0.336. The van der Waals surface area contributed by atoms with Gasteiger partial charge in [-0.05, 0) is 6.42 Å². The Morgan fingerprint density at radius 2 is 2.45 bits per heavy atom. The van der Waals surface area contributed by atoms with Crippen LogP contribution >= 0.6 is 0 Å². The third-order valence-electron chi connectivity index (χ3n) is 1.13. The largest absolute Gasteiger partial charge is 0.480 e. The summed E-state index contributed by atoms with van der Waals surface area (Å²) in [6, 6.07) is -0.820. The zero-order valence-electron chi connectivity index (χ0n) is 6.32. The summed E-state index contributed by atoms with van der Waals surface area (Å²) < 4.78 is 4.94. The van der Waals surface area contributed by atoms with Gasteiger partial charge in [0.15, 0.2) is 0 Å². The van der Waals surface area contributed by atoms with Crippen molar-refractivity contribution >= 4 is 5.97 Å². The summed E-state index contributed by atoms with van der Waals surface area (Å²) in [4.78, 5) is 10.2. The molecule has 0 rings (SSSR count). The van der Waals surface area contributed by atoms with Crippen molar-refractivity contribution in [3.05, 3.63) is 12.7 Å². The molecule has 0 heterocycles. The second-order valence-electron chi connectivity index (χ2n) is 2.10. The lowest BCUT2D eigenvalue weighted by molar-refractivity contribution is -0.138. The van der Waals surface area contributed by atoms with Gasteiger partial charge < -0.3 is 15.6 Å². The maximum atomic E-state index is 10.2. The monoisotopic (exact) mass is 159 g/mol. The normalized spacial score (nSPS) is 12.5. The van der Waals surface area contributed by atoms with Crippen molar-refractivity contribution in [2.24, 2.45) is 5.73 Å². The van der Waals surface area contributed by atoms with Gasteiger partial charge in [-0.25, -0.2) is 0 Å². The highest BCUT2D eigenvalue weighted by Gasteiger charge is 2.09. The Kier molecular flexibility index (Phi) is 5.42. The van der Waals surface area contributed by atoms with Crippen LogP contribution in [0.1, 0.15) is 6.42 Å². The summed E-state index contributed by atoms with van der Waals surface area (Å²) in [5.41, 5.74) is 5.19. The Bertz CT molecular complexity index is 136. The van der Waals surface area contributed by atoms with Gasteiger partial charge in [0.1, 0.15) is 6.04 Å². The number of nitrogens with two attached hydrogens (primary N) is 1. The van der Waals surface area contributed by atoms with Crippen LogP contribution in [0.4, 0.5) is 0 Å². The lowest BCUT2D eigenvalue weighted by atomic mass is 10.2. The fourth-order valence-corrected chi connectivity index (χ4v) is 0.500. The van der Waals surface area contributed by atoms with Crippen LogP contribution in [-0.4, -0.2) is 30.3 Å². The Labute approximate surface area is 65.6 Å². The summed E-state index contributed by atoms with van der Waals surface area (Å²) in [6.07, 6.45) is 1.94. The van der Waals surface area contributed by atoms with Gasteiger partial charge in [-0.3, -0.25) is 4.79 Å². The first kappa shape index (κ1) is 10.1. The molecule has 0 aliphatic carbocycles. The average molecular weight is 159 g/mol. The van der Waals surface area contributed by atoms with Gasteiger partial charge in [0, 0.05) is 6.61 Å². The Morgan fingerprint density at radius 1 is 1.82 bits per heavy atom. The lowest BCUT2D eigenvalue weighted by Gasteiger charge is -2.04. The van der Waals surface area contributed by atoms with Gasteiger partial charge in [0.2, 0.25) is 0 Å². The fraction of sp³-hybridized carbons (Fsp3) is 0.571. The molecule has 4 heteroatoms. The van der Waals surface area contributed by atoms with E-state index >= 15 is 0 Å². The van der Waals surface area contributed by atoms with Crippen molar-refractivity contribution in [3.63, 3.8) is 0 Å². The summed E-state index contributed by atoms with van der Waals surface area (Å²) in [6.45, 7) is 4.24. The van der Waals surface area contributed by atoms with Gasteiger partial charge in [-0.15, -0.1) is 6.58 Å². The van der Waals surface area contributed by atoms with Crippen molar-refractivity contribution in [3.8, 4) is 0 Å². The van der Waals surface area contributed by atoms with Crippen LogP contribution in [0.25, 0.3) is 0 Å². The third-order valence-corrected chi connectivity index (χ3v) is 1.13. The fourth-order valence-electron chi connectivity index (χ4n) is 0.500. The van der Waals surface area contributed by atoms with Crippen LogP contribution in [0.15, 0.2) is 12.7 Å². The number of carboxylic acid groups (broad SMARTS) is 1. The molecule has 11 heavy (non-hydrogen) atoms. The molecule has 0 aliphatic heterocycles. The second-order valence-corrected chi connectivity index (χ2v) is 2.10. The maximum Gasteiger partial charge on any atom is 0.320 e. The molecule has 0 aliphatic rings. The van der Waals surface area contributed by atoms with Crippen LogP contribution in [0.5, 0.6) is 0 Å². The predicted octanol–water partition coefficient (Wildman–Crippen LogP) is -0.00900. The van der Waals surface area contributed by atoms with E-state index in [0.29, 0.717) is 19.6 Å². The summed E-state index contributed by atoms with van der Waals surface area (Å²) >= 11 is 0. The number of rotatable bonds is 6. The molecular weight excluding hydrogens is 146 g/mol. The molecule has 1 unspecified atom stereocenters. The SMILES string of the molecule is C=CCOCCC(N)C(=O)O. The molecule has 0 aromatic heterocycles. The van der Waals surface area contributed by atoms with E-state index in [2.05, 4.69) is 6.58 Å². The van der Waals surface area contributed by atoms with Gasteiger partial charge in [0.05, 0.1) is 6.61 Å². The quantitative estimate of drug-likeness (QED) is 0.422. The van der Waals surface area contributed by atoms with E-state index in [4.69, 9.17) is 15.6 Å². The molecule has 4 nitrogen and oxygen atoms in total. The zero-order valence-corrected chi connectivity index (χ0v) is 6.32. The molecule has 1 atom stereocenters. The van der Waals surface area contributed by atoms with E-state index in [1.54, 1.807) is 6.08 Å². The molecule has 0 saturated carbocycles. The number of ether oxygens (including phenoxy) is 1. The van der Waals surface area contributed by atoms with Crippen molar-refractivity contribution in [2.45, 2.75) is 12.5 Å². The summed E-state index contributed by atoms with van der Waals surface area (Å²) in [7, 11) is 0. The molecule has 0 bridgehead atoms. The van der Waals surface area contributed by atoms with E-state index in [1.807, 2.05) is 0 Å². The molecule has 0 aromatic rings. The van der Waals surface area contributed by atoms with E-state index in [-0.39, 0.29) is 0 Å². The molecular formula is C7H13NO3. The first-order valence-corrected chi connectivity index (χ1v) is 3.35. The van der Waals surface area contributed by atoms with E-state index in [0.717, 1.165) is 0 Å². The Morgan fingerprint density at radius 3 is 2.91 bits per heavy atom. The van der Waals surface area contributed by atoms with Gasteiger partial charge in [-0.1, -0.05) is 6.08 Å². The first-order valence-electron chi connectivity index (χ1n) is 3.35. The highest BCUT2D eigenvalue weighted by Crippen LogP contribution is 1.89. The van der Waals surface area contributed by atoms with Crippen LogP contribution in [0, 0.1) is 0 Å². The van der Waals surface area contributed by atoms with E-state index < -0.39 is 12.0 Å². The molecule has 3 N–H and O–H groups in total. The molecule has 0 saturated heterocycles. The smallest absolute Gasteiger partial charge is 0.320 e. The van der Waals surface area contributed by atoms with Crippen molar-refractivity contribution in [1.29, 1.82) is 0 Å². The summed E-state index contributed by atoms with van der Waals surface area (Å²) in [5, 5.41) is 8.34. The number of carboxylic acids is 1. The number of hydrogen-bond donors (Lipinski definition) is 2. The maximum absolute atomic E-state index is 10.2. The van der Waals surface area contributed by atoms with Crippen LogP contribution in [-0.2, 0) is 9.53 Å². The lowest BCUT2D eigenvalue weighted by Crippen LogP contribution is -2.31. The molecule has 0 radical (unpaired) electrons. The molecule has 0 aromatic carbocycles. The number of hydrogen-bond acceptors (Lipinski definition) is 3. The van der Waals surface area contributed by atoms with Crippen LogP contribution in [0.2, 0.25) is 0 Å². The molecule has 0 amide bonds. The minimum Gasteiger partial charge on any atom is -0.480 e. The van der Waals surface area contributed by atoms with Crippen LogP contribution in [0.3, 0.4) is 0 Å². The predicted molar refractivity (Wildman–Crippen MR) is 41.2 cm³/mol. The highest BCUT2D eigenvalue weighted by atomic mass is 16.5. The summed E-state index contributed by atoms with van der Waals surface area (Å²) in [5.74, 6) is -0.993. The number of aliphatic carboxylic acids is 1. The van der Waals surface area contributed by atoms with Crippen molar-refractivity contribution in [2.75, 3.05) is 13.2 Å². The first-order chi connectivity index (χ1) is 5.18. The Hall–Kier alpha value is -0.870. The van der Waals surface area contributed by atoms with E-state index in [9.17, 15) is 4.79 Å². The molecule has 0 spiro atoms. The third kappa shape index (κ3) is 5.57. The van der Waals surface area contributed by atoms with Gasteiger partial charge in [-0.2, -0.15) is 0 Å². The van der Waals surface area contributed by atoms with Gasteiger partial charge >= 0.3 is 5.97 Å². The van der Waals surface area contributed by atoms with E-state index in [1.165, 1.54) is 0 Å². The zero-order chi connectivity index (χ0) is 8.69. The van der Waals surface area contributed by atoms with Crippen LogP contribution < -0.4 is 5.73 Å². The topological polar surface area (TPSA) is 72.5 Å². The van der Waals surface area contributed by atoms with Crippen molar-refractivity contribution in [1.82, 2.24) is 0 Å². The van der Waals surface area contributed by atoms with Gasteiger partial charge in [0.25, 0.3) is 0 Å². The van der Waals surface area contributed by atoms with Crippen molar-refractivity contribution < 1.29 is 14.6 Å². The second kappa shape index (κ2) is 5.88. The standard InChI is InChI=1S/C7H13NO3/c1-2-4-11-5-3-6(8)7(9)10/h2,6H,1,3-5,8H2,(H,9,10).